The van der Waals surface area contributed by atoms with Gasteiger partial charge >= 0.3 is 0 Å². The maximum absolute atomic E-state index is 14.6. The molecule has 1 saturated heterocycles. The van der Waals surface area contributed by atoms with Crippen LogP contribution in [0.2, 0.25) is 4.34 Å². The van der Waals surface area contributed by atoms with Crippen molar-refractivity contribution >= 4 is 34.6 Å². The minimum absolute atomic E-state index is 0.0515. The molecule has 2 aliphatic rings. The maximum Gasteiger partial charge on any atom is 0.292 e. The highest BCUT2D eigenvalue weighted by atomic mass is 35.5. The van der Waals surface area contributed by atoms with Crippen molar-refractivity contribution in [1.29, 1.82) is 0 Å². The minimum atomic E-state index is -1.20. The number of aliphatic hydroxyl groups excluding tert-OH is 1. The Labute approximate surface area is 224 Å². The number of carbonyl (C=O) groups excluding carboxylic acids is 2. The van der Waals surface area contributed by atoms with Gasteiger partial charge in [-0.05, 0) is 74.2 Å². The molecule has 1 amide bonds. The number of hydrogen-bond acceptors (Lipinski definition) is 6. The van der Waals surface area contributed by atoms with Gasteiger partial charge in [-0.25, -0.2) is 4.39 Å². The van der Waals surface area contributed by atoms with Crippen LogP contribution in [-0.2, 0) is 4.79 Å². The Kier molecular flexibility index (Phi) is 7.90. The predicted molar refractivity (Wildman–Crippen MR) is 142 cm³/mol. The van der Waals surface area contributed by atoms with Crippen LogP contribution in [-0.4, -0.2) is 53.5 Å². The summed E-state index contributed by atoms with van der Waals surface area (Å²) < 4.78 is 20.9. The summed E-state index contributed by atoms with van der Waals surface area (Å²) in [6, 6.07) is 14.0. The highest BCUT2D eigenvalue weighted by Gasteiger charge is 2.30. The van der Waals surface area contributed by atoms with Crippen LogP contribution in [0.1, 0.15) is 47.7 Å². The molecule has 194 valence electrons. The van der Waals surface area contributed by atoms with E-state index in [-0.39, 0.29) is 17.4 Å². The fourth-order valence-electron chi connectivity index (χ4n) is 4.48. The molecule has 0 bridgehead atoms. The lowest BCUT2D eigenvalue weighted by atomic mass is 10.00. The Hall–Kier alpha value is -2.78. The average Bonchev–Trinajstić information content (AvgIpc) is 3.36. The van der Waals surface area contributed by atoms with Crippen LogP contribution in [0, 0.1) is 5.82 Å². The van der Waals surface area contributed by atoms with Gasteiger partial charge in [0, 0.05) is 17.0 Å². The monoisotopic (exact) mass is 542 g/mol. The van der Waals surface area contributed by atoms with Crippen LogP contribution in [0.3, 0.4) is 0 Å². The number of nitrogens with zero attached hydrogens (tertiary/aromatic N) is 1. The quantitative estimate of drug-likeness (QED) is 0.270. The summed E-state index contributed by atoms with van der Waals surface area (Å²) in [5, 5.41) is 13.9. The molecule has 0 radical (unpaired) electrons. The number of likely N-dealkylation sites (tertiary alicyclic amines) is 1. The molecule has 2 heterocycles. The van der Waals surface area contributed by atoms with E-state index in [1.165, 1.54) is 23.5 Å². The van der Waals surface area contributed by atoms with E-state index in [4.69, 9.17) is 16.3 Å². The Bertz CT molecular complexity index is 1270. The normalized spacial score (nSPS) is 17.4. The number of benzene rings is 2. The summed E-state index contributed by atoms with van der Waals surface area (Å²) in [7, 11) is 0. The molecule has 1 aliphatic heterocycles. The second-order valence-electron chi connectivity index (χ2n) is 9.55. The zero-order valence-electron chi connectivity index (χ0n) is 20.2. The van der Waals surface area contributed by atoms with E-state index in [9.17, 15) is 19.1 Å². The Morgan fingerprint density at radius 2 is 1.84 bits per heavy atom. The molecular formula is C28H28ClFN2O4S. The van der Waals surface area contributed by atoms with Gasteiger partial charge in [-0.2, -0.15) is 0 Å². The molecule has 3 aromatic rings. The molecule has 2 N–H and O–H groups in total. The van der Waals surface area contributed by atoms with E-state index >= 15 is 0 Å². The van der Waals surface area contributed by atoms with Crippen molar-refractivity contribution in [2.45, 2.75) is 43.9 Å². The van der Waals surface area contributed by atoms with E-state index in [1.54, 1.807) is 36.4 Å². The third-order valence-electron chi connectivity index (χ3n) is 6.68. The van der Waals surface area contributed by atoms with Gasteiger partial charge in [0.1, 0.15) is 6.10 Å². The zero-order valence-corrected chi connectivity index (χ0v) is 21.7. The topological polar surface area (TPSA) is 78.9 Å². The molecule has 2 atom stereocenters. The number of nitrogens with one attached hydrogen (secondary N) is 1. The second-order valence-corrected chi connectivity index (χ2v) is 11.3. The van der Waals surface area contributed by atoms with Crippen LogP contribution in [0.15, 0.2) is 54.6 Å². The van der Waals surface area contributed by atoms with Crippen molar-refractivity contribution in [3.05, 3.63) is 75.9 Å². The van der Waals surface area contributed by atoms with Crippen LogP contribution < -0.4 is 10.1 Å². The highest BCUT2D eigenvalue weighted by Crippen LogP contribution is 2.32. The van der Waals surface area contributed by atoms with Crippen LogP contribution in [0.5, 0.6) is 5.75 Å². The number of amides is 1. The van der Waals surface area contributed by atoms with Crippen molar-refractivity contribution in [3.8, 4) is 16.2 Å². The number of carbonyl (C=O) groups is 2. The molecule has 9 heteroatoms. The van der Waals surface area contributed by atoms with Crippen LogP contribution >= 0.6 is 22.9 Å². The van der Waals surface area contributed by atoms with Gasteiger partial charge in [0.25, 0.3) is 5.91 Å². The second kappa shape index (κ2) is 11.3. The lowest BCUT2D eigenvalue weighted by Crippen LogP contribution is -2.48. The Balaban J connectivity index is 1.30. The first-order valence-electron chi connectivity index (χ1n) is 12.4. The van der Waals surface area contributed by atoms with Crippen molar-refractivity contribution in [3.63, 3.8) is 0 Å². The van der Waals surface area contributed by atoms with Gasteiger partial charge in [0.15, 0.2) is 11.6 Å². The standard InChI is InChI=1S/C28H28ClFN2O4S/c29-25-12-11-24(37-25)17-3-5-18(6-4-17)27(34)28(35)31-22(16-32-13-1-2-14-32)26(33)19-7-10-23(21(30)15-19)36-20-8-9-20/h3-7,10-12,15,20,22,26,33H,1-2,8-9,13-14,16H2,(H,31,35)/t22-,26-/m1/s1. The van der Waals surface area contributed by atoms with Gasteiger partial charge < -0.3 is 20.1 Å². The molecule has 1 aromatic heterocycles. The molecule has 5 rings (SSSR count). The van der Waals surface area contributed by atoms with E-state index < -0.39 is 29.7 Å². The van der Waals surface area contributed by atoms with Gasteiger partial charge in [-0.3, -0.25) is 9.59 Å². The van der Waals surface area contributed by atoms with Gasteiger partial charge in [-0.1, -0.05) is 41.9 Å². The van der Waals surface area contributed by atoms with Crippen molar-refractivity contribution in [2.75, 3.05) is 19.6 Å². The van der Waals surface area contributed by atoms with Crippen molar-refractivity contribution < 1.29 is 23.8 Å². The van der Waals surface area contributed by atoms with Crippen molar-refractivity contribution in [1.82, 2.24) is 10.2 Å². The van der Waals surface area contributed by atoms with Gasteiger partial charge in [0.2, 0.25) is 5.78 Å². The fourth-order valence-corrected chi connectivity index (χ4v) is 5.53. The van der Waals surface area contributed by atoms with Crippen molar-refractivity contribution in [2.24, 2.45) is 0 Å². The van der Waals surface area contributed by atoms with Gasteiger partial charge in [-0.15, -0.1) is 11.3 Å². The molecule has 1 saturated carbocycles. The average molecular weight is 543 g/mol. The first-order valence-corrected chi connectivity index (χ1v) is 13.6. The van der Waals surface area contributed by atoms with E-state index in [2.05, 4.69) is 10.2 Å². The maximum atomic E-state index is 14.6. The molecule has 37 heavy (non-hydrogen) atoms. The summed E-state index contributed by atoms with van der Waals surface area (Å²) in [6.07, 6.45) is 2.72. The Morgan fingerprint density at radius 1 is 1.11 bits per heavy atom. The SMILES string of the molecule is O=C(N[C@H](CN1CCCC1)[C@H](O)c1ccc(OC2CC2)c(F)c1)C(=O)c1ccc(-c2ccc(Cl)s2)cc1. The summed E-state index contributed by atoms with van der Waals surface area (Å²) in [5.41, 5.74) is 1.45. The first-order chi connectivity index (χ1) is 17.9. The summed E-state index contributed by atoms with van der Waals surface area (Å²) in [6.45, 7) is 2.02. The molecule has 2 aromatic carbocycles. The molecule has 0 spiro atoms. The zero-order chi connectivity index (χ0) is 25.9. The van der Waals surface area contributed by atoms with E-state index in [0.29, 0.717) is 16.4 Å². The summed E-state index contributed by atoms with van der Waals surface area (Å²) >= 11 is 7.44. The number of aliphatic hydroxyl groups is 1. The fraction of sp³-hybridized carbons (Fsp3) is 0.357. The third-order valence-corrected chi connectivity index (χ3v) is 7.96. The summed E-state index contributed by atoms with van der Waals surface area (Å²) in [5.74, 6) is -1.92. The minimum Gasteiger partial charge on any atom is -0.487 e. The first kappa shape index (κ1) is 25.9. The van der Waals surface area contributed by atoms with Crippen LogP contribution in [0.25, 0.3) is 10.4 Å². The lowest BCUT2D eigenvalue weighted by Gasteiger charge is -2.28. The largest absolute Gasteiger partial charge is 0.487 e. The Morgan fingerprint density at radius 3 is 2.46 bits per heavy atom. The lowest BCUT2D eigenvalue weighted by molar-refractivity contribution is -0.118. The predicted octanol–water partition coefficient (Wildman–Crippen LogP) is 5.25. The highest BCUT2D eigenvalue weighted by molar-refractivity contribution is 7.19. The molecule has 2 fully saturated rings. The van der Waals surface area contributed by atoms with Crippen LogP contribution in [0.4, 0.5) is 4.39 Å². The van der Waals surface area contributed by atoms with E-state index in [0.717, 1.165) is 49.2 Å². The summed E-state index contributed by atoms with van der Waals surface area (Å²) in [4.78, 5) is 29.0. The third kappa shape index (κ3) is 6.38. The van der Waals surface area contributed by atoms with Gasteiger partial charge in [0.05, 0.1) is 16.5 Å². The number of ketones is 1. The number of ether oxygens (including phenoxy) is 1. The molecule has 0 unspecified atom stereocenters. The molecule has 1 aliphatic carbocycles. The van der Waals surface area contributed by atoms with E-state index in [1.807, 2.05) is 6.07 Å². The number of thiophene rings is 1. The number of Topliss-reactive ketones (excluding diaryl/α,β-unsaturated/α-hetero) is 1. The number of halogens is 2. The number of rotatable bonds is 10. The molecule has 6 nitrogen and oxygen atoms in total. The smallest absolute Gasteiger partial charge is 0.292 e. The molecular weight excluding hydrogens is 515 g/mol. The number of hydrogen-bond donors (Lipinski definition) is 2.